The molecule has 0 amide bonds. The highest BCUT2D eigenvalue weighted by Gasteiger charge is 2.50. The van der Waals surface area contributed by atoms with Gasteiger partial charge >= 0.3 is 0 Å². The van der Waals surface area contributed by atoms with Gasteiger partial charge in [-0.3, -0.25) is 14.3 Å². The van der Waals surface area contributed by atoms with Gasteiger partial charge in [0.15, 0.2) is 11.6 Å². The van der Waals surface area contributed by atoms with E-state index < -0.39 is 0 Å². The number of halogens is 1. The van der Waals surface area contributed by atoms with Crippen LogP contribution in [-0.4, -0.2) is 61.9 Å². The summed E-state index contributed by atoms with van der Waals surface area (Å²) in [6.07, 6.45) is 8.15. The SMILES string of the molecule is COC(c1ncc(Cl)cn1)C(C)SNc1nnc(C2COCCO2)n1C1(c2cccnc2)CC1. The molecule has 0 aromatic carbocycles. The fraction of sp³-hybridized carbons (Fsp3) is 0.500. The van der Waals surface area contributed by atoms with Crippen LogP contribution < -0.4 is 4.72 Å². The number of pyridine rings is 1. The van der Waals surface area contributed by atoms with Crippen molar-refractivity contribution in [3.63, 3.8) is 0 Å². The molecule has 1 N–H and O–H groups in total. The Hall–Kier alpha value is -2.31. The van der Waals surface area contributed by atoms with Crippen molar-refractivity contribution in [3.05, 3.63) is 59.2 Å². The zero-order valence-corrected chi connectivity index (χ0v) is 20.5. The highest BCUT2D eigenvalue weighted by Crippen LogP contribution is 2.52. The fourth-order valence-corrected chi connectivity index (χ4v) is 5.09. The summed E-state index contributed by atoms with van der Waals surface area (Å²) >= 11 is 7.41. The number of hydrogen-bond donors (Lipinski definition) is 1. The zero-order valence-electron chi connectivity index (χ0n) is 18.9. The van der Waals surface area contributed by atoms with Crippen molar-refractivity contribution in [3.8, 4) is 0 Å². The lowest BCUT2D eigenvalue weighted by Crippen LogP contribution is -2.29. The summed E-state index contributed by atoms with van der Waals surface area (Å²) in [6.45, 7) is 3.60. The molecule has 4 heterocycles. The van der Waals surface area contributed by atoms with Crippen LogP contribution >= 0.6 is 23.5 Å². The second-order valence-corrected chi connectivity index (χ2v) is 9.89. The molecule has 0 radical (unpaired) electrons. The van der Waals surface area contributed by atoms with Gasteiger partial charge in [-0.05, 0) is 43.3 Å². The molecule has 1 saturated carbocycles. The van der Waals surface area contributed by atoms with E-state index in [2.05, 4.69) is 40.5 Å². The summed E-state index contributed by atoms with van der Waals surface area (Å²) in [5, 5.41) is 9.47. The average molecular weight is 504 g/mol. The van der Waals surface area contributed by atoms with Crippen LogP contribution in [-0.2, 0) is 19.7 Å². The van der Waals surface area contributed by atoms with Crippen molar-refractivity contribution in [2.24, 2.45) is 0 Å². The molecule has 1 aliphatic carbocycles. The van der Waals surface area contributed by atoms with Gasteiger partial charge in [-0.1, -0.05) is 17.7 Å². The molecule has 5 rings (SSSR count). The number of methoxy groups -OCH3 is 1. The summed E-state index contributed by atoms with van der Waals surface area (Å²) in [6, 6.07) is 4.05. The lowest BCUT2D eigenvalue weighted by atomic mass is 10.1. The van der Waals surface area contributed by atoms with E-state index in [1.807, 2.05) is 19.2 Å². The van der Waals surface area contributed by atoms with E-state index in [1.165, 1.54) is 11.9 Å². The van der Waals surface area contributed by atoms with Crippen LogP contribution in [0.3, 0.4) is 0 Å². The fourth-order valence-electron chi connectivity index (χ4n) is 4.21. The van der Waals surface area contributed by atoms with Crippen LogP contribution in [0.1, 0.15) is 49.2 Å². The minimum atomic E-state index is -0.339. The van der Waals surface area contributed by atoms with Crippen molar-refractivity contribution in [2.75, 3.05) is 31.7 Å². The number of nitrogens with one attached hydrogen (secondary N) is 1. The summed E-state index contributed by atoms with van der Waals surface area (Å²) in [4.78, 5) is 13.0. The van der Waals surface area contributed by atoms with Crippen LogP contribution in [0.4, 0.5) is 5.95 Å². The van der Waals surface area contributed by atoms with Crippen molar-refractivity contribution in [1.82, 2.24) is 29.7 Å². The first-order chi connectivity index (χ1) is 16.6. The molecule has 3 unspecified atom stereocenters. The van der Waals surface area contributed by atoms with Gasteiger partial charge in [0.05, 0.1) is 35.6 Å². The number of nitrogens with zero attached hydrogens (tertiary/aromatic N) is 6. The Morgan fingerprint density at radius 1 is 1.24 bits per heavy atom. The van der Waals surface area contributed by atoms with Gasteiger partial charge < -0.3 is 14.2 Å². The summed E-state index contributed by atoms with van der Waals surface area (Å²) in [5.41, 5.74) is 0.859. The molecule has 3 aromatic heterocycles. The number of anilines is 1. The Labute approximate surface area is 206 Å². The summed E-state index contributed by atoms with van der Waals surface area (Å²) < 4.78 is 22.9. The maximum Gasteiger partial charge on any atom is 0.235 e. The molecular formula is C22H26ClN7O3S. The minimum absolute atomic E-state index is 0.0393. The van der Waals surface area contributed by atoms with Crippen molar-refractivity contribution in [1.29, 1.82) is 0 Å². The third-order valence-corrected chi connectivity index (χ3v) is 7.17. The number of hydrogen-bond acceptors (Lipinski definition) is 10. The molecule has 0 spiro atoms. The van der Waals surface area contributed by atoms with E-state index in [1.54, 1.807) is 25.7 Å². The number of aromatic nitrogens is 6. The predicted molar refractivity (Wildman–Crippen MR) is 128 cm³/mol. The second kappa shape index (κ2) is 10.1. The first-order valence-corrected chi connectivity index (χ1v) is 12.4. The normalized spacial score (nSPS) is 21.1. The smallest absolute Gasteiger partial charge is 0.235 e. The Kier molecular flexibility index (Phi) is 6.98. The zero-order chi connectivity index (χ0) is 23.5. The highest BCUT2D eigenvalue weighted by atomic mass is 35.5. The standard InChI is InChI=1S/C22H26ClN7O3S/c1-14(18(31-2)19-25-11-16(23)12-26-19)34-29-21-28-27-20(17-13-32-8-9-33-17)30(21)22(5-6-22)15-4-3-7-24-10-15/h3-4,7,10-12,14,17-18H,5-6,8-9,13H2,1-2H3,(H,28,29). The van der Waals surface area contributed by atoms with Gasteiger partial charge in [0.25, 0.3) is 0 Å². The van der Waals surface area contributed by atoms with Gasteiger partial charge in [-0.15, -0.1) is 10.2 Å². The van der Waals surface area contributed by atoms with Gasteiger partial charge in [-0.2, -0.15) is 0 Å². The van der Waals surface area contributed by atoms with E-state index in [0.717, 1.165) is 24.2 Å². The van der Waals surface area contributed by atoms with Crippen LogP contribution in [0.2, 0.25) is 5.02 Å². The monoisotopic (exact) mass is 503 g/mol. The van der Waals surface area contributed by atoms with E-state index in [0.29, 0.717) is 36.6 Å². The van der Waals surface area contributed by atoms with Gasteiger partial charge in [-0.25, -0.2) is 9.97 Å². The molecule has 3 atom stereocenters. The summed E-state index contributed by atoms with van der Waals surface area (Å²) in [5.74, 6) is 1.97. The van der Waals surface area contributed by atoms with Crippen molar-refractivity contribution < 1.29 is 14.2 Å². The van der Waals surface area contributed by atoms with Crippen LogP contribution in [0.15, 0.2) is 36.9 Å². The third kappa shape index (κ3) is 4.63. The lowest BCUT2D eigenvalue weighted by Gasteiger charge is -2.27. The molecule has 10 nitrogen and oxygen atoms in total. The number of ether oxygens (including phenoxy) is 3. The molecule has 34 heavy (non-hydrogen) atoms. The number of rotatable bonds is 9. The predicted octanol–water partition coefficient (Wildman–Crippen LogP) is 3.58. The van der Waals surface area contributed by atoms with Crippen LogP contribution in [0, 0.1) is 0 Å². The molecule has 0 bridgehead atoms. The molecule has 1 saturated heterocycles. The van der Waals surface area contributed by atoms with E-state index in [4.69, 9.17) is 25.8 Å². The van der Waals surface area contributed by atoms with Gasteiger partial charge in [0.1, 0.15) is 12.2 Å². The van der Waals surface area contributed by atoms with E-state index >= 15 is 0 Å². The van der Waals surface area contributed by atoms with Crippen molar-refractivity contribution >= 4 is 29.5 Å². The molecule has 180 valence electrons. The highest BCUT2D eigenvalue weighted by molar-refractivity contribution is 8.01. The minimum Gasteiger partial charge on any atom is -0.376 e. The maximum atomic E-state index is 5.98. The first-order valence-electron chi connectivity index (χ1n) is 11.1. The molecule has 12 heteroatoms. The Morgan fingerprint density at radius 2 is 2.06 bits per heavy atom. The molecule has 2 aliphatic rings. The largest absolute Gasteiger partial charge is 0.376 e. The summed E-state index contributed by atoms with van der Waals surface area (Å²) in [7, 11) is 1.64. The Morgan fingerprint density at radius 3 is 2.71 bits per heavy atom. The molecule has 3 aromatic rings. The van der Waals surface area contributed by atoms with E-state index in [-0.39, 0.29) is 23.0 Å². The Bertz CT molecular complexity index is 1090. The second-order valence-electron chi connectivity index (χ2n) is 8.27. The Balaban J connectivity index is 1.41. The molecular weight excluding hydrogens is 478 g/mol. The van der Waals surface area contributed by atoms with Gasteiger partial charge in [0, 0.05) is 31.9 Å². The maximum absolute atomic E-state index is 5.98. The first kappa shape index (κ1) is 23.4. The average Bonchev–Trinajstić information content (AvgIpc) is 3.57. The molecule has 1 aliphatic heterocycles. The lowest BCUT2D eigenvalue weighted by molar-refractivity contribution is -0.0951. The van der Waals surface area contributed by atoms with Crippen LogP contribution in [0.25, 0.3) is 0 Å². The van der Waals surface area contributed by atoms with Crippen molar-refractivity contribution in [2.45, 2.75) is 42.8 Å². The molecule has 2 fully saturated rings. The quantitative estimate of drug-likeness (QED) is 0.435. The van der Waals surface area contributed by atoms with E-state index in [9.17, 15) is 0 Å². The van der Waals surface area contributed by atoms with Gasteiger partial charge in [0.2, 0.25) is 5.95 Å². The van der Waals surface area contributed by atoms with Crippen LogP contribution in [0.5, 0.6) is 0 Å². The third-order valence-electron chi connectivity index (χ3n) is 6.05. The topological polar surface area (TPSA) is 109 Å².